The van der Waals surface area contributed by atoms with Crippen molar-refractivity contribution >= 4 is 0 Å². The van der Waals surface area contributed by atoms with Gasteiger partial charge in [0.2, 0.25) is 0 Å². The van der Waals surface area contributed by atoms with Gasteiger partial charge in [0.1, 0.15) is 0 Å². The second-order valence-corrected chi connectivity index (χ2v) is 4.67. The lowest BCUT2D eigenvalue weighted by atomic mass is 9.68. The molecule has 0 saturated heterocycles. The average Bonchev–Trinajstić information content (AvgIpc) is 1.95. The smallest absolute Gasteiger partial charge is 0.0729 e. The van der Waals surface area contributed by atoms with Crippen molar-refractivity contribution in [3.63, 3.8) is 0 Å². The van der Waals surface area contributed by atoms with Gasteiger partial charge in [0.15, 0.2) is 0 Å². The predicted molar refractivity (Wildman–Crippen MR) is 56.5 cm³/mol. The van der Waals surface area contributed by atoms with Crippen molar-refractivity contribution in [3.8, 4) is 0 Å². The quantitative estimate of drug-likeness (QED) is 0.615. The van der Waals surface area contributed by atoms with E-state index in [9.17, 15) is 5.11 Å². The summed E-state index contributed by atoms with van der Waals surface area (Å²) in [4.78, 5) is 0. The zero-order valence-electron chi connectivity index (χ0n) is 9.04. The molecule has 0 amide bonds. The van der Waals surface area contributed by atoms with Crippen LogP contribution < -0.4 is 0 Å². The Morgan fingerprint density at radius 3 is 2.62 bits per heavy atom. The van der Waals surface area contributed by atoms with E-state index < -0.39 is 0 Å². The van der Waals surface area contributed by atoms with Gasteiger partial charge in [0.25, 0.3) is 0 Å². The Balaban J connectivity index is 2.96. The van der Waals surface area contributed by atoms with Crippen molar-refractivity contribution in [1.29, 1.82) is 0 Å². The molecule has 0 aliphatic heterocycles. The van der Waals surface area contributed by atoms with Gasteiger partial charge >= 0.3 is 0 Å². The van der Waals surface area contributed by atoms with Crippen LogP contribution in [0.1, 0.15) is 34.1 Å². The molecular weight excluding hydrogens is 160 g/mol. The molecule has 2 atom stereocenters. The van der Waals surface area contributed by atoms with E-state index in [1.54, 1.807) is 0 Å². The van der Waals surface area contributed by atoms with Gasteiger partial charge in [-0.25, -0.2) is 0 Å². The molecule has 0 radical (unpaired) electrons. The summed E-state index contributed by atoms with van der Waals surface area (Å²) in [5.41, 5.74) is 1.48. The van der Waals surface area contributed by atoms with Crippen LogP contribution in [0.3, 0.4) is 0 Å². The Hall–Kier alpha value is -0.560. The molecule has 1 heteroatoms. The molecule has 1 aliphatic carbocycles. The first-order valence-electron chi connectivity index (χ1n) is 4.96. The number of aliphatic hydroxyl groups is 1. The standard InChI is InChI=1S/C12H20O/c1-5-6-11-9(2)7-10(13)8-12(11,3)4/h5-7,10-11,13H,8H2,1-4H3/b6-5+. The molecule has 1 nitrogen and oxygen atoms in total. The molecule has 0 fully saturated rings. The van der Waals surface area contributed by atoms with E-state index >= 15 is 0 Å². The maximum atomic E-state index is 9.60. The predicted octanol–water partition coefficient (Wildman–Crippen LogP) is 2.92. The largest absolute Gasteiger partial charge is 0.389 e. The van der Waals surface area contributed by atoms with Crippen molar-refractivity contribution in [1.82, 2.24) is 0 Å². The summed E-state index contributed by atoms with van der Waals surface area (Å²) < 4.78 is 0. The highest BCUT2D eigenvalue weighted by Gasteiger charge is 2.34. The summed E-state index contributed by atoms with van der Waals surface area (Å²) in [6, 6.07) is 0. The van der Waals surface area contributed by atoms with E-state index in [1.807, 2.05) is 13.0 Å². The topological polar surface area (TPSA) is 20.2 Å². The maximum Gasteiger partial charge on any atom is 0.0729 e. The third kappa shape index (κ3) is 2.22. The fourth-order valence-corrected chi connectivity index (χ4v) is 2.35. The zero-order chi connectivity index (χ0) is 10.1. The van der Waals surface area contributed by atoms with Gasteiger partial charge < -0.3 is 5.11 Å². The van der Waals surface area contributed by atoms with Crippen molar-refractivity contribution in [2.75, 3.05) is 0 Å². The highest BCUT2D eigenvalue weighted by atomic mass is 16.3. The van der Waals surface area contributed by atoms with E-state index in [1.165, 1.54) is 5.57 Å². The van der Waals surface area contributed by atoms with Crippen LogP contribution in [0.15, 0.2) is 23.8 Å². The fraction of sp³-hybridized carbons (Fsp3) is 0.667. The lowest BCUT2D eigenvalue weighted by Gasteiger charge is -2.38. The minimum Gasteiger partial charge on any atom is -0.389 e. The van der Waals surface area contributed by atoms with Crippen LogP contribution in [0, 0.1) is 11.3 Å². The molecule has 0 aromatic carbocycles. The molecule has 1 rings (SSSR count). The van der Waals surface area contributed by atoms with Gasteiger partial charge in [-0.2, -0.15) is 0 Å². The van der Waals surface area contributed by atoms with E-state index in [0.29, 0.717) is 5.92 Å². The van der Waals surface area contributed by atoms with Gasteiger partial charge in [-0.05, 0) is 25.7 Å². The second kappa shape index (κ2) is 3.67. The minimum atomic E-state index is -0.253. The molecule has 0 aromatic rings. The van der Waals surface area contributed by atoms with Crippen LogP contribution in [0.5, 0.6) is 0 Å². The van der Waals surface area contributed by atoms with Crippen molar-refractivity contribution in [2.45, 2.75) is 40.2 Å². The number of hydrogen-bond acceptors (Lipinski definition) is 1. The van der Waals surface area contributed by atoms with Gasteiger partial charge in [-0.15, -0.1) is 0 Å². The van der Waals surface area contributed by atoms with Gasteiger partial charge in [0, 0.05) is 5.92 Å². The minimum absolute atomic E-state index is 0.185. The van der Waals surface area contributed by atoms with Crippen LogP contribution in [-0.4, -0.2) is 11.2 Å². The molecule has 1 aliphatic rings. The first-order chi connectivity index (χ1) is 5.97. The first-order valence-corrected chi connectivity index (χ1v) is 4.96. The Labute approximate surface area is 81.2 Å². The summed E-state index contributed by atoms with van der Waals surface area (Å²) in [6.45, 7) is 8.60. The van der Waals surface area contributed by atoms with Crippen molar-refractivity contribution in [2.24, 2.45) is 11.3 Å². The molecule has 0 saturated carbocycles. The molecule has 13 heavy (non-hydrogen) atoms. The third-order valence-electron chi connectivity index (χ3n) is 2.91. The van der Waals surface area contributed by atoms with E-state index in [4.69, 9.17) is 0 Å². The summed E-state index contributed by atoms with van der Waals surface area (Å²) in [7, 11) is 0. The summed E-state index contributed by atoms with van der Waals surface area (Å²) in [5.74, 6) is 0.487. The van der Waals surface area contributed by atoms with E-state index in [-0.39, 0.29) is 11.5 Å². The van der Waals surface area contributed by atoms with Gasteiger partial charge in [0.05, 0.1) is 6.10 Å². The maximum absolute atomic E-state index is 9.60. The number of hydrogen-bond donors (Lipinski definition) is 1. The SMILES string of the molecule is C/C=C/C1C(C)=CC(O)CC1(C)C. The monoisotopic (exact) mass is 180 g/mol. The average molecular weight is 180 g/mol. The number of allylic oxidation sites excluding steroid dienone is 3. The van der Waals surface area contributed by atoms with Crippen LogP contribution >= 0.6 is 0 Å². The lowest BCUT2D eigenvalue weighted by Crippen LogP contribution is -2.32. The van der Waals surface area contributed by atoms with Crippen molar-refractivity contribution in [3.05, 3.63) is 23.8 Å². The Morgan fingerprint density at radius 1 is 1.54 bits per heavy atom. The number of aliphatic hydroxyl groups excluding tert-OH is 1. The molecule has 0 heterocycles. The zero-order valence-corrected chi connectivity index (χ0v) is 9.04. The summed E-state index contributed by atoms with van der Waals surface area (Å²) in [6.07, 6.45) is 6.92. The molecule has 0 spiro atoms. The second-order valence-electron chi connectivity index (χ2n) is 4.67. The fourth-order valence-electron chi connectivity index (χ4n) is 2.35. The molecule has 2 unspecified atom stereocenters. The summed E-state index contributed by atoms with van der Waals surface area (Å²) in [5, 5.41) is 9.60. The molecule has 0 aromatic heterocycles. The van der Waals surface area contributed by atoms with Crippen molar-refractivity contribution < 1.29 is 5.11 Å². The van der Waals surface area contributed by atoms with Crippen LogP contribution in [0.4, 0.5) is 0 Å². The normalized spacial score (nSPS) is 33.5. The van der Waals surface area contributed by atoms with E-state index in [2.05, 4.69) is 32.9 Å². The Morgan fingerprint density at radius 2 is 2.15 bits per heavy atom. The molecule has 1 N–H and O–H groups in total. The van der Waals surface area contributed by atoms with Crippen LogP contribution in [0.25, 0.3) is 0 Å². The first kappa shape index (κ1) is 10.5. The third-order valence-corrected chi connectivity index (χ3v) is 2.91. The molecule has 0 bridgehead atoms. The van der Waals surface area contributed by atoms with E-state index in [0.717, 1.165) is 6.42 Å². The van der Waals surface area contributed by atoms with Gasteiger partial charge in [-0.1, -0.05) is 37.6 Å². The Bertz CT molecular complexity index is 236. The Kier molecular flexibility index (Phi) is 2.97. The highest BCUT2D eigenvalue weighted by Crippen LogP contribution is 2.41. The highest BCUT2D eigenvalue weighted by molar-refractivity contribution is 5.20. The molecule has 74 valence electrons. The molecular formula is C12H20O. The number of rotatable bonds is 1. The van der Waals surface area contributed by atoms with Crippen LogP contribution in [-0.2, 0) is 0 Å². The van der Waals surface area contributed by atoms with Crippen LogP contribution in [0.2, 0.25) is 0 Å². The lowest BCUT2D eigenvalue weighted by molar-refractivity contribution is 0.117. The van der Waals surface area contributed by atoms with Gasteiger partial charge in [-0.3, -0.25) is 0 Å². The summed E-state index contributed by atoms with van der Waals surface area (Å²) >= 11 is 0.